The zero-order valence-corrected chi connectivity index (χ0v) is 10.4. The standard InChI is InChI=1S/C11H14BrNO2/c1-3-11(14)13-7-8-4-5-9(15-2)6-10(8)12/h4-6H,3,7H2,1-2H3,(H,13,14). The van der Waals surface area contributed by atoms with Crippen molar-refractivity contribution in [3.63, 3.8) is 0 Å². The van der Waals surface area contributed by atoms with Gasteiger partial charge in [-0.05, 0) is 17.7 Å². The molecule has 0 bridgehead atoms. The highest BCUT2D eigenvalue weighted by molar-refractivity contribution is 9.10. The van der Waals surface area contributed by atoms with Gasteiger partial charge < -0.3 is 10.1 Å². The average molecular weight is 272 g/mol. The summed E-state index contributed by atoms with van der Waals surface area (Å²) in [4.78, 5) is 11.1. The lowest BCUT2D eigenvalue weighted by Crippen LogP contribution is -2.21. The van der Waals surface area contributed by atoms with Crippen molar-refractivity contribution in [3.05, 3.63) is 28.2 Å². The Balaban J connectivity index is 2.66. The van der Waals surface area contributed by atoms with Gasteiger partial charge in [0.25, 0.3) is 0 Å². The number of benzene rings is 1. The smallest absolute Gasteiger partial charge is 0.219 e. The van der Waals surface area contributed by atoms with Gasteiger partial charge in [-0.1, -0.05) is 28.9 Å². The number of hydrogen-bond donors (Lipinski definition) is 1. The monoisotopic (exact) mass is 271 g/mol. The number of halogens is 1. The van der Waals surface area contributed by atoms with Crippen molar-refractivity contribution in [1.29, 1.82) is 0 Å². The minimum absolute atomic E-state index is 0.0534. The lowest BCUT2D eigenvalue weighted by atomic mass is 10.2. The van der Waals surface area contributed by atoms with Gasteiger partial charge in [-0.2, -0.15) is 0 Å². The SMILES string of the molecule is CCC(=O)NCc1ccc(OC)cc1Br. The Morgan fingerprint density at radius 1 is 1.53 bits per heavy atom. The number of amides is 1. The summed E-state index contributed by atoms with van der Waals surface area (Å²) in [6, 6.07) is 5.69. The maximum absolute atomic E-state index is 11.1. The van der Waals surface area contributed by atoms with Crippen LogP contribution in [0.1, 0.15) is 18.9 Å². The zero-order valence-electron chi connectivity index (χ0n) is 8.84. The molecule has 0 saturated carbocycles. The molecule has 0 aliphatic rings. The van der Waals surface area contributed by atoms with Gasteiger partial charge in [0, 0.05) is 17.4 Å². The molecular formula is C11H14BrNO2. The minimum atomic E-state index is 0.0534. The quantitative estimate of drug-likeness (QED) is 0.914. The van der Waals surface area contributed by atoms with Crippen molar-refractivity contribution in [2.75, 3.05) is 7.11 Å². The third-order valence-corrected chi connectivity index (χ3v) is 2.80. The van der Waals surface area contributed by atoms with Crippen molar-refractivity contribution < 1.29 is 9.53 Å². The molecule has 3 nitrogen and oxygen atoms in total. The fraction of sp³-hybridized carbons (Fsp3) is 0.364. The van der Waals surface area contributed by atoms with E-state index in [9.17, 15) is 4.79 Å². The molecule has 0 fully saturated rings. The van der Waals surface area contributed by atoms with E-state index in [1.54, 1.807) is 7.11 Å². The number of rotatable bonds is 4. The molecule has 82 valence electrons. The molecule has 0 heterocycles. The van der Waals surface area contributed by atoms with Crippen molar-refractivity contribution in [3.8, 4) is 5.75 Å². The van der Waals surface area contributed by atoms with E-state index in [0.29, 0.717) is 13.0 Å². The van der Waals surface area contributed by atoms with Crippen molar-refractivity contribution >= 4 is 21.8 Å². The van der Waals surface area contributed by atoms with E-state index in [-0.39, 0.29) is 5.91 Å². The first-order valence-electron chi connectivity index (χ1n) is 4.76. The number of carbonyl (C=O) groups excluding carboxylic acids is 1. The molecule has 1 rings (SSSR count). The van der Waals surface area contributed by atoms with E-state index in [1.807, 2.05) is 25.1 Å². The van der Waals surface area contributed by atoms with E-state index in [4.69, 9.17) is 4.74 Å². The predicted molar refractivity (Wildman–Crippen MR) is 62.8 cm³/mol. The molecule has 0 aromatic heterocycles. The maximum Gasteiger partial charge on any atom is 0.219 e. The van der Waals surface area contributed by atoms with Crippen molar-refractivity contribution in [1.82, 2.24) is 5.32 Å². The lowest BCUT2D eigenvalue weighted by molar-refractivity contribution is -0.120. The zero-order chi connectivity index (χ0) is 11.3. The molecule has 15 heavy (non-hydrogen) atoms. The molecule has 4 heteroatoms. The normalized spacial score (nSPS) is 9.80. The largest absolute Gasteiger partial charge is 0.497 e. The van der Waals surface area contributed by atoms with Crippen LogP contribution >= 0.6 is 15.9 Å². The molecule has 1 aromatic carbocycles. The maximum atomic E-state index is 11.1. The predicted octanol–water partition coefficient (Wildman–Crippen LogP) is 2.48. The molecular weight excluding hydrogens is 258 g/mol. The van der Waals surface area contributed by atoms with Crippen LogP contribution in [0, 0.1) is 0 Å². The van der Waals surface area contributed by atoms with Gasteiger partial charge >= 0.3 is 0 Å². The van der Waals surface area contributed by atoms with Crippen LogP contribution < -0.4 is 10.1 Å². The number of hydrogen-bond acceptors (Lipinski definition) is 2. The van der Waals surface area contributed by atoms with Crippen molar-refractivity contribution in [2.24, 2.45) is 0 Å². The van der Waals surface area contributed by atoms with Crippen LogP contribution in [0.25, 0.3) is 0 Å². The van der Waals surface area contributed by atoms with Crippen LogP contribution in [0.4, 0.5) is 0 Å². The van der Waals surface area contributed by atoms with Gasteiger partial charge in [-0.15, -0.1) is 0 Å². The van der Waals surface area contributed by atoms with Crippen LogP contribution in [-0.4, -0.2) is 13.0 Å². The topological polar surface area (TPSA) is 38.3 Å². The highest BCUT2D eigenvalue weighted by atomic mass is 79.9. The fourth-order valence-corrected chi connectivity index (χ4v) is 1.62. The average Bonchev–Trinajstić information content (AvgIpc) is 2.26. The first-order chi connectivity index (χ1) is 7.17. The van der Waals surface area contributed by atoms with E-state index >= 15 is 0 Å². The van der Waals surface area contributed by atoms with Gasteiger partial charge in [-0.25, -0.2) is 0 Å². The highest BCUT2D eigenvalue weighted by Gasteiger charge is 2.03. The van der Waals surface area contributed by atoms with Crippen LogP contribution in [-0.2, 0) is 11.3 Å². The molecule has 0 spiro atoms. The van der Waals surface area contributed by atoms with Crippen LogP contribution in [0.2, 0.25) is 0 Å². The van der Waals surface area contributed by atoms with E-state index in [1.165, 1.54) is 0 Å². The van der Waals surface area contributed by atoms with Crippen molar-refractivity contribution in [2.45, 2.75) is 19.9 Å². The number of nitrogens with one attached hydrogen (secondary N) is 1. The highest BCUT2D eigenvalue weighted by Crippen LogP contribution is 2.22. The summed E-state index contributed by atoms with van der Waals surface area (Å²) in [5, 5.41) is 2.82. The molecule has 0 radical (unpaired) electrons. The van der Waals surface area contributed by atoms with Gasteiger partial charge in [0.2, 0.25) is 5.91 Å². The summed E-state index contributed by atoms with van der Waals surface area (Å²) in [5.74, 6) is 0.852. The van der Waals surface area contributed by atoms with Gasteiger partial charge in [0.1, 0.15) is 5.75 Å². The van der Waals surface area contributed by atoms with Gasteiger partial charge in [-0.3, -0.25) is 4.79 Å². The van der Waals surface area contributed by atoms with E-state index < -0.39 is 0 Å². The van der Waals surface area contributed by atoms with Gasteiger partial charge in [0.15, 0.2) is 0 Å². The summed E-state index contributed by atoms with van der Waals surface area (Å²) in [6.45, 7) is 2.37. The Hall–Kier alpha value is -1.03. The Kier molecular flexibility index (Phi) is 4.62. The minimum Gasteiger partial charge on any atom is -0.497 e. The van der Waals surface area contributed by atoms with E-state index in [0.717, 1.165) is 15.8 Å². The third kappa shape index (κ3) is 3.55. The third-order valence-electron chi connectivity index (χ3n) is 2.06. The van der Waals surface area contributed by atoms with Crippen LogP contribution in [0.5, 0.6) is 5.75 Å². The molecule has 0 atom stereocenters. The number of ether oxygens (including phenoxy) is 1. The van der Waals surface area contributed by atoms with Gasteiger partial charge in [0.05, 0.1) is 7.11 Å². The van der Waals surface area contributed by atoms with Crippen LogP contribution in [0.15, 0.2) is 22.7 Å². The molecule has 0 aliphatic carbocycles. The Morgan fingerprint density at radius 2 is 2.27 bits per heavy atom. The molecule has 1 N–H and O–H groups in total. The Labute approximate surface area is 97.9 Å². The first-order valence-corrected chi connectivity index (χ1v) is 5.55. The summed E-state index contributed by atoms with van der Waals surface area (Å²) >= 11 is 3.43. The molecule has 0 aliphatic heterocycles. The fourth-order valence-electron chi connectivity index (χ4n) is 1.12. The molecule has 0 unspecified atom stereocenters. The number of methoxy groups -OCH3 is 1. The molecule has 1 amide bonds. The Morgan fingerprint density at radius 3 is 2.80 bits per heavy atom. The summed E-state index contributed by atoms with van der Waals surface area (Å²) in [6.07, 6.45) is 0.508. The summed E-state index contributed by atoms with van der Waals surface area (Å²) < 4.78 is 6.02. The lowest BCUT2D eigenvalue weighted by Gasteiger charge is -2.07. The number of carbonyl (C=O) groups is 1. The molecule has 0 saturated heterocycles. The second kappa shape index (κ2) is 5.75. The summed E-state index contributed by atoms with van der Waals surface area (Å²) in [5.41, 5.74) is 1.04. The van der Waals surface area contributed by atoms with E-state index in [2.05, 4.69) is 21.2 Å². The summed E-state index contributed by atoms with van der Waals surface area (Å²) in [7, 11) is 1.63. The second-order valence-corrected chi connectivity index (χ2v) is 3.94. The second-order valence-electron chi connectivity index (χ2n) is 3.09. The Bertz CT molecular complexity index is 352. The van der Waals surface area contributed by atoms with Crippen LogP contribution in [0.3, 0.4) is 0 Å². The molecule has 1 aromatic rings. The first kappa shape index (κ1) is 12.0.